The Morgan fingerprint density at radius 3 is 2.85 bits per heavy atom. The van der Waals surface area contributed by atoms with Crippen LogP contribution in [0.2, 0.25) is 0 Å². The van der Waals surface area contributed by atoms with Gasteiger partial charge in [-0.3, -0.25) is 9.78 Å². The second kappa shape index (κ2) is 5.14. The van der Waals surface area contributed by atoms with Crippen molar-refractivity contribution in [3.63, 3.8) is 0 Å². The third-order valence-electron chi connectivity index (χ3n) is 3.40. The summed E-state index contributed by atoms with van der Waals surface area (Å²) in [5.41, 5.74) is 2.25. The Morgan fingerprint density at radius 1 is 1.30 bits per heavy atom. The molecule has 4 nitrogen and oxygen atoms in total. The highest BCUT2D eigenvalue weighted by Gasteiger charge is 2.23. The maximum atomic E-state index is 12.5. The molecule has 3 rings (SSSR count). The van der Waals surface area contributed by atoms with Gasteiger partial charge in [-0.2, -0.15) is 5.26 Å². The largest absolute Gasteiger partial charge is 0.493 e. The molecule has 1 aromatic heterocycles. The van der Waals surface area contributed by atoms with E-state index in [1.807, 2.05) is 6.07 Å². The van der Waals surface area contributed by atoms with Gasteiger partial charge in [-0.15, -0.1) is 0 Å². The number of Topliss-reactive ketones (excluding diaryl/α,β-unsaturated/α-hetero) is 1. The average Bonchev–Trinajstić information content (AvgIpc) is 2.96. The van der Waals surface area contributed by atoms with E-state index in [1.54, 1.807) is 36.7 Å². The number of benzene rings is 1. The minimum Gasteiger partial charge on any atom is -0.493 e. The van der Waals surface area contributed by atoms with E-state index in [-0.39, 0.29) is 5.78 Å². The van der Waals surface area contributed by atoms with E-state index in [4.69, 9.17) is 4.74 Å². The molecule has 0 bridgehead atoms. The van der Waals surface area contributed by atoms with Crippen molar-refractivity contribution in [2.45, 2.75) is 12.3 Å². The Balaban J connectivity index is 1.94. The maximum absolute atomic E-state index is 12.5. The molecule has 4 heteroatoms. The molecule has 1 aromatic carbocycles. The lowest BCUT2D eigenvalue weighted by molar-refractivity contribution is 0.0979. The summed E-state index contributed by atoms with van der Waals surface area (Å²) in [7, 11) is 0. The van der Waals surface area contributed by atoms with Crippen molar-refractivity contribution in [3.05, 3.63) is 59.4 Å². The van der Waals surface area contributed by atoms with Crippen LogP contribution in [-0.2, 0) is 6.42 Å². The molecule has 0 amide bonds. The van der Waals surface area contributed by atoms with Gasteiger partial charge in [0.05, 0.1) is 12.7 Å². The molecular weight excluding hydrogens is 252 g/mol. The molecule has 20 heavy (non-hydrogen) atoms. The van der Waals surface area contributed by atoms with Crippen LogP contribution >= 0.6 is 0 Å². The highest BCUT2D eigenvalue weighted by Crippen LogP contribution is 2.28. The van der Waals surface area contributed by atoms with Crippen LogP contribution < -0.4 is 4.74 Å². The minimum absolute atomic E-state index is 0.187. The summed E-state index contributed by atoms with van der Waals surface area (Å²) in [5.74, 6) is -0.147. The lowest BCUT2D eigenvalue weighted by Crippen LogP contribution is -2.11. The van der Waals surface area contributed by atoms with Crippen molar-refractivity contribution < 1.29 is 9.53 Å². The number of ether oxygens (including phenoxy) is 1. The van der Waals surface area contributed by atoms with Crippen molar-refractivity contribution in [3.8, 4) is 11.8 Å². The lowest BCUT2D eigenvalue weighted by Gasteiger charge is -2.09. The number of pyridine rings is 1. The maximum Gasteiger partial charge on any atom is 0.184 e. The van der Waals surface area contributed by atoms with Gasteiger partial charge in [-0.1, -0.05) is 0 Å². The minimum atomic E-state index is -0.793. The van der Waals surface area contributed by atoms with Crippen molar-refractivity contribution >= 4 is 5.78 Å². The molecule has 1 aliphatic heterocycles. The van der Waals surface area contributed by atoms with Crippen LogP contribution in [0.4, 0.5) is 0 Å². The summed E-state index contributed by atoms with van der Waals surface area (Å²) >= 11 is 0. The number of hydrogen-bond donors (Lipinski definition) is 0. The molecular formula is C16H12N2O2. The molecule has 2 aromatic rings. The monoisotopic (exact) mass is 264 g/mol. The lowest BCUT2D eigenvalue weighted by atomic mass is 9.91. The van der Waals surface area contributed by atoms with E-state index < -0.39 is 5.92 Å². The SMILES string of the molecule is N#CC(C(=O)c1ccc2c(c1)CCO2)c1ccncc1. The van der Waals surface area contributed by atoms with Crippen LogP contribution in [0.3, 0.4) is 0 Å². The smallest absolute Gasteiger partial charge is 0.184 e. The van der Waals surface area contributed by atoms with Gasteiger partial charge in [0.2, 0.25) is 0 Å². The zero-order chi connectivity index (χ0) is 13.9. The van der Waals surface area contributed by atoms with E-state index >= 15 is 0 Å². The normalized spacial score (nSPS) is 13.9. The first-order valence-electron chi connectivity index (χ1n) is 6.39. The zero-order valence-corrected chi connectivity index (χ0v) is 10.7. The summed E-state index contributed by atoms with van der Waals surface area (Å²) in [5, 5.41) is 9.29. The number of nitrogens with zero attached hydrogens (tertiary/aromatic N) is 2. The Bertz CT molecular complexity index is 689. The Morgan fingerprint density at radius 2 is 2.10 bits per heavy atom. The van der Waals surface area contributed by atoms with E-state index in [9.17, 15) is 10.1 Å². The Labute approximate surface area is 116 Å². The summed E-state index contributed by atoms with van der Waals surface area (Å²) in [6, 6.07) is 10.8. The summed E-state index contributed by atoms with van der Waals surface area (Å²) in [6.07, 6.45) is 3.98. The average molecular weight is 264 g/mol. The third-order valence-corrected chi connectivity index (χ3v) is 3.40. The Hall–Kier alpha value is -2.67. The second-order valence-corrected chi connectivity index (χ2v) is 4.63. The predicted octanol–water partition coefficient (Wildman–Crippen LogP) is 2.51. The second-order valence-electron chi connectivity index (χ2n) is 4.63. The summed E-state index contributed by atoms with van der Waals surface area (Å²) < 4.78 is 5.42. The van der Waals surface area contributed by atoms with Gasteiger partial charge < -0.3 is 4.74 Å². The third kappa shape index (κ3) is 2.14. The highest BCUT2D eigenvalue weighted by atomic mass is 16.5. The van der Waals surface area contributed by atoms with E-state index in [0.717, 1.165) is 17.7 Å². The van der Waals surface area contributed by atoms with Gasteiger partial charge in [0.25, 0.3) is 0 Å². The van der Waals surface area contributed by atoms with Gasteiger partial charge in [-0.05, 0) is 41.5 Å². The van der Waals surface area contributed by atoms with Crippen LogP contribution in [0.15, 0.2) is 42.7 Å². The van der Waals surface area contributed by atoms with Gasteiger partial charge in [0.15, 0.2) is 5.78 Å². The predicted molar refractivity (Wildman–Crippen MR) is 72.6 cm³/mol. The molecule has 0 spiro atoms. The highest BCUT2D eigenvalue weighted by molar-refractivity contribution is 6.03. The van der Waals surface area contributed by atoms with Crippen LogP contribution in [-0.4, -0.2) is 17.4 Å². The van der Waals surface area contributed by atoms with Crippen LogP contribution in [0.25, 0.3) is 0 Å². The molecule has 1 aliphatic rings. The van der Waals surface area contributed by atoms with E-state index in [0.29, 0.717) is 17.7 Å². The number of carbonyl (C=O) groups excluding carboxylic acids is 1. The van der Waals surface area contributed by atoms with E-state index in [2.05, 4.69) is 11.1 Å². The topological polar surface area (TPSA) is 63.0 Å². The molecule has 0 aliphatic carbocycles. The van der Waals surface area contributed by atoms with Gasteiger partial charge in [0, 0.05) is 24.4 Å². The number of nitriles is 1. The molecule has 0 fully saturated rings. The molecule has 1 atom stereocenters. The van der Waals surface area contributed by atoms with Crippen molar-refractivity contribution in [2.75, 3.05) is 6.61 Å². The fourth-order valence-electron chi connectivity index (χ4n) is 2.35. The standard InChI is InChI=1S/C16H12N2O2/c17-10-14(11-3-6-18-7-4-11)16(19)13-1-2-15-12(9-13)5-8-20-15/h1-4,6-7,9,14H,5,8H2. The fraction of sp³-hybridized carbons (Fsp3) is 0.188. The number of rotatable bonds is 3. The molecule has 2 heterocycles. The zero-order valence-electron chi connectivity index (χ0n) is 10.7. The van der Waals surface area contributed by atoms with Crippen molar-refractivity contribution in [2.24, 2.45) is 0 Å². The first kappa shape index (κ1) is 12.4. The summed E-state index contributed by atoms with van der Waals surface area (Å²) in [6.45, 7) is 0.652. The van der Waals surface area contributed by atoms with Gasteiger partial charge in [-0.25, -0.2) is 0 Å². The number of carbonyl (C=O) groups is 1. The molecule has 0 radical (unpaired) electrons. The van der Waals surface area contributed by atoms with E-state index in [1.165, 1.54) is 0 Å². The molecule has 0 saturated carbocycles. The summed E-state index contributed by atoms with van der Waals surface area (Å²) in [4.78, 5) is 16.4. The number of aromatic nitrogens is 1. The Kier molecular flexibility index (Phi) is 3.18. The first-order valence-corrected chi connectivity index (χ1v) is 6.39. The number of ketones is 1. The van der Waals surface area contributed by atoms with Crippen LogP contribution in [0.5, 0.6) is 5.75 Å². The number of hydrogen-bond acceptors (Lipinski definition) is 4. The molecule has 0 N–H and O–H groups in total. The molecule has 98 valence electrons. The van der Waals surface area contributed by atoms with Gasteiger partial charge in [0.1, 0.15) is 11.7 Å². The van der Waals surface area contributed by atoms with Gasteiger partial charge >= 0.3 is 0 Å². The van der Waals surface area contributed by atoms with Crippen molar-refractivity contribution in [1.82, 2.24) is 4.98 Å². The first-order chi connectivity index (χ1) is 9.79. The van der Waals surface area contributed by atoms with Crippen LogP contribution in [0.1, 0.15) is 27.4 Å². The quantitative estimate of drug-likeness (QED) is 0.799. The molecule has 1 unspecified atom stereocenters. The number of fused-ring (bicyclic) bond motifs is 1. The van der Waals surface area contributed by atoms with Crippen molar-refractivity contribution in [1.29, 1.82) is 5.26 Å². The molecule has 0 saturated heterocycles. The van der Waals surface area contributed by atoms with Crippen LogP contribution in [0, 0.1) is 11.3 Å². The fourth-order valence-corrected chi connectivity index (χ4v) is 2.35.